The van der Waals surface area contributed by atoms with Gasteiger partial charge in [0.05, 0.1) is 6.10 Å². The number of hydrogen-bond donors (Lipinski definition) is 4. The predicted molar refractivity (Wildman–Crippen MR) is 88.5 cm³/mol. The highest BCUT2D eigenvalue weighted by Gasteiger charge is 2.25. The highest BCUT2D eigenvalue weighted by atomic mass is 35.5. The maximum Gasteiger partial charge on any atom is 0.251 e. The standard InChI is InChI=1S/C15H19N5O2.ClH/c1-9-18-14(20-19-9)10-2-4-11(5-3-10)15(22)17-7-12-6-16-8-13(12)21;/h2-5,12-13,16,21H,6-8H2,1H3,(H,17,22)(H,18,19,20);1H. The van der Waals surface area contributed by atoms with E-state index in [1.165, 1.54) is 0 Å². The van der Waals surface area contributed by atoms with Gasteiger partial charge in [0, 0.05) is 36.7 Å². The first-order valence-corrected chi connectivity index (χ1v) is 7.30. The van der Waals surface area contributed by atoms with Crippen molar-refractivity contribution < 1.29 is 9.90 Å². The Labute approximate surface area is 140 Å². The second kappa shape index (κ2) is 7.54. The Morgan fingerprint density at radius 1 is 1.35 bits per heavy atom. The van der Waals surface area contributed by atoms with Crippen LogP contribution in [0.5, 0.6) is 0 Å². The third-order valence-corrected chi connectivity index (χ3v) is 3.83. The summed E-state index contributed by atoms with van der Waals surface area (Å²) in [6.07, 6.45) is -0.392. The number of halogens is 1. The van der Waals surface area contributed by atoms with Crippen LogP contribution in [0, 0.1) is 12.8 Å². The summed E-state index contributed by atoms with van der Waals surface area (Å²) >= 11 is 0. The number of amides is 1. The lowest BCUT2D eigenvalue weighted by molar-refractivity contribution is 0.0927. The molecule has 1 fully saturated rings. The average Bonchev–Trinajstić information content (AvgIpc) is 3.13. The van der Waals surface area contributed by atoms with Gasteiger partial charge in [-0.2, -0.15) is 5.10 Å². The summed E-state index contributed by atoms with van der Waals surface area (Å²) in [5.41, 5.74) is 1.44. The van der Waals surface area contributed by atoms with E-state index in [0.717, 1.165) is 17.9 Å². The molecule has 23 heavy (non-hydrogen) atoms. The van der Waals surface area contributed by atoms with Gasteiger partial charge in [0.25, 0.3) is 5.91 Å². The van der Waals surface area contributed by atoms with Gasteiger partial charge in [-0.25, -0.2) is 4.98 Å². The highest BCUT2D eigenvalue weighted by Crippen LogP contribution is 2.15. The molecule has 1 aliphatic rings. The fraction of sp³-hybridized carbons (Fsp3) is 0.400. The molecule has 4 N–H and O–H groups in total. The van der Waals surface area contributed by atoms with Crippen LogP contribution in [0.2, 0.25) is 0 Å². The number of benzene rings is 1. The molecule has 7 nitrogen and oxygen atoms in total. The minimum atomic E-state index is -0.392. The van der Waals surface area contributed by atoms with Crippen molar-refractivity contribution in [3.05, 3.63) is 35.7 Å². The number of hydrogen-bond acceptors (Lipinski definition) is 5. The van der Waals surface area contributed by atoms with Crippen LogP contribution < -0.4 is 10.6 Å². The van der Waals surface area contributed by atoms with Crippen LogP contribution in [0.4, 0.5) is 0 Å². The van der Waals surface area contributed by atoms with Crippen molar-refractivity contribution in [2.45, 2.75) is 13.0 Å². The number of aromatic nitrogens is 3. The first-order valence-electron chi connectivity index (χ1n) is 7.30. The fourth-order valence-electron chi connectivity index (χ4n) is 2.50. The summed E-state index contributed by atoms with van der Waals surface area (Å²) in [6, 6.07) is 7.15. The molecule has 2 atom stereocenters. The maximum absolute atomic E-state index is 12.1. The second-order valence-electron chi connectivity index (χ2n) is 5.52. The SMILES string of the molecule is Cc1nc(-c2ccc(C(=O)NCC3CNCC3O)cc2)n[nH]1.Cl. The zero-order valence-electron chi connectivity index (χ0n) is 12.7. The highest BCUT2D eigenvalue weighted by molar-refractivity contribution is 5.94. The van der Waals surface area contributed by atoms with Crippen LogP contribution in [-0.2, 0) is 0 Å². The number of H-pyrrole nitrogens is 1. The minimum Gasteiger partial charge on any atom is -0.391 e. The van der Waals surface area contributed by atoms with Crippen LogP contribution in [0.15, 0.2) is 24.3 Å². The molecule has 1 aromatic heterocycles. The van der Waals surface area contributed by atoms with Crippen LogP contribution >= 0.6 is 12.4 Å². The van der Waals surface area contributed by atoms with Crippen molar-refractivity contribution >= 4 is 18.3 Å². The number of aliphatic hydroxyl groups excluding tert-OH is 1. The van der Waals surface area contributed by atoms with Gasteiger partial charge in [0.15, 0.2) is 5.82 Å². The second-order valence-corrected chi connectivity index (χ2v) is 5.52. The summed E-state index contributed by atoms with van der Waals surface area (Å²) in [7, 11) is 0. The van der Waals surface area contributed by atoms with Gasteiger partial charge in [-0.05, 0) is 19.1 Å². The van der Waals surface area contributed by atoms with Crippen molar-refractivity contribution in [3.8, 4) is 11.4 Å². The van der Waals surface area contributed by atoms with E-state index < -0.39 is 6.10 Å². The molecule has 124 valence electrons. The van der Waals surface area contributed by atoms with E-state index in [0.29, 0.717) is 24.5 Å². The Balaban J connectivity index is 0.00000192. The van der Waals surface area contributed by atoms with Crippen LogP contribution in [0.3, 0.4) is 0 Å². The van der Waals surface area contributed by atoms with E-state index in [1.807, 2.05) is 19.1 Å². The number of β-amino-alcohol motifs (C(OH)–C–C–N with tert-alkyl or cyclic N) is 1. The molecule has 1 aromatic carbocycles. The lowest BCUT2D eigenvalue weighted by Crippen LogP contribution is -2.34. The molecule has 8 heteroatoms. The maximum atomic E-state index is 12.1. The first-order chi connectivity index (χ1) is 10.6. The number of aryl methyl sites for hydroxylation is 1. The molecule has 0 radical (unpaired) electrons. The molecule has 0 saturated carbocycles. The van der Waals surface area contributed by atoms with Gasteiger partial charge in [0.1, 0.15) is 5.82 Å². The largest absolute Gasteiger partial charge is 0.391 e. The first kappa shape index (κ1) is 17.4. The molecule has 2 aromatic rings. The molecule has 0 spiro atoms. The summed E-state index contributed by atoms with van der Waals surface area (Å²) in [5.74, 6) is 1.29. The van der Waals surface area contributed by atoms with E-state index in [9.17, 15) is 9.90 Å². The summed E-state index contributed by atoms with van der Waals surface area (Å²) in [6.45, 7) is 3.62. The van der Waals surface area contributed by atoms with E-state index in [4.69, 9.17) is 0 Å². The molecular formula is C15H20ClN5O2. The van der Waals surface area contributed by atoms with Gasteiger partial charge in [0.2, 0.25) is 0 Å². The predicted octanol–water partition coefficient (Wildman–Crippen LogP) is 0.512. The summed E-state index contributed by atoms with van der Waals surface area (Å²) < 4.78 is 0. The van der Waals surface area contributed by atoms with Crippen molar-refractivity contribution in [3.63, 3.8) is 0 Å². The fourth-order valence-corrected chi connectivity index (χ4v) is 2.50. The van der Waals surface area contributed by atoms with Crippen molar-refractivity contribution in [1.82, 2.24) is 25.8 Å². The lowest BCUT2D eigenvalue weighted by atomic mass is 10.1. The topological polar surface area (TPSA) is 103 Å². The molecular weight excluding hydrogens is 318 g/mol. The normalized spacial score (nSPS) is 20.1. The molecule has 0 aliphatic carbocycles. The third kappa shape index (κ3) is 4.07. The molecule has 1 amide bonds. The Bertz CT molecular complexity index is 658. The molecule has 3 rings (SSSR count). The summed E-state index contributed by atoms with van der Waals surface area (Å²) in [4.78, 5) is 16.4. The number of nitrogens with zero attached hydrogens (tertiary/aromatic N) is 2. The molecule has 0 bridgehead atoms. The molecule has 1 saturated heterocycles. The van der Waals surface area contributed by atoms with Crippen molar-refractivity contribution in [2.24, 2.45) is 5.92 Å². The Morgan fingerprint density at radius 2 is 2.09 bits per heavy atom. The van der Waals surface area contributed by atoms with E-state index >= 15 is 0 Å². The zero-order chi connectivity index (χ0) is 15.5. The van der Waals surface area contributed by atoms with Gasteiger partial charge in [-0.3, -0.25) is 9.89 Å². The van der Waals surface area contributed by atoms with Crippen LogP contribution in [0.1, 0.15) is 16.2 Å². The number of aromatic amines is 1. The average molecular weight is 338 g/mol. The smallest absolute Gasteiger partial charge is 0.251 e. The van der Waals surface area contributed by atoms with E-state index in [2.05, 4.69) is 25.8 Å². The molecule has 2 unspecified atom stereocenters. The number of carbonyl (C=O) groups is 1. The number of nitrogens with one attached hydrogen (secondary N) is 3. The number of aliphatic hydroxyl groups is 1. The quantitative estimate of drug-likeness (QED) is 0.651. The molecule has 1 aliphatic heterocycles. The summed E-state index contributed by atoms with van der Waals surface area (Å²) in [5, 5.41) is 22.5. The van der Waals surface area contributed by atoms with E-state index in [-0.39, 0.29) is 24.2 Å². The monoisotopic (exact) mass is 337 g/mol. The van der Waals surface area contributed by atoms with Gasteiger partial charge in [-0.1, -0.05) is 12.1 Å². The Hall–Kier alpha value is -1.96. The third-order valence-electron chi connectivity index (χ3n) is 3.83. The molecule has 2 heterocycles. The van der Waals surface area contributed by atoms with Crippen LogP contribution in [0.25, 0.3) is 11.4 Å². The van der Waals surface area contributed by atoms with Gasteiger partial charge < -0.3 is 15.7 Å². The lowest BCUT2D eigenvalue weighted by Gasteiger charge is -2.14. The van der Waals surface area contributed by atoms with Gasteiger partial charge >= 0.3 is 0 Å². The van der Waals surface area contributed by atoms with Crippen LogP contribution in [-0.4, -0.2) is 51.9 Å². The minimum absolute atomic E-state index is 0. The Kier molecular flexibility index (Phi) is 5.70. The zero-order valence-corrected chi connectivity index (χ0v) is 13.6. The van der Waals surface area contributed by atoms with Gasteiger partial charge in [-0.15, -0.1) is 12.4 Å². The van der Waals surface area contributed by atoms with Crippen molar-refractivity contribution in [1.29, 1.82) is 0 Å². The van der Waals surface area contributed by atoms with Crippen molar-refractivity contribution in [2.75, 3.05) is 19.6 Å². The van der Waals surface area contributed by atoms with E-state index in [1.54, 1.807) is 12.1 Å². The number of carbonyl (C=O) groups excluding carboxylic acids is 1. The number of rotatable bonds is 4. The Morgan fingerprint density at radius 3 is 2.65 bits per heavy atom.